The van der Waals surface area contributed by atoms with Crippen LogP contribution >= 0.6 is 11.8 Å². The van der Waals surface area contributed by atoms with Gasteiger partial charge in [0.05, 0.1) is 18.6 Å². The molecule has 6 nitrogen and oxygen atoms in total. The molecule has 0 unspecified atom stereocenters. The lowest BCUT2D eigenvalue weighted by Crippen LogP contribution is -2.14. The summed E-state index contributed by atoms with van der Waals surface area (Å²) < 4.78 is 5.19. The Morgan fingerprint density at radius 2 is 1.72 bits per heavy atom. The number of hydrogen-bond acceptors (Lipinski definition) is 5. The number of ether oxygens (including phenoxy) is 1. The van der Waals surface area contributed by atoms with E-state index >= 15 is 0 Å². The quantitative estimate of drug-likeness (QED) is 0.480. The van der Waals surface area contributed by atoms with Gasteiger partial charge in [0.1, 0.15) is 16.8 Å². The molecule has 29 heavy (non-hydrogen) atoms. The Morgan fingerprint density at radius 1 is 1.03 bits per heavy atom. The molecule has 0 saturated carbocycles. The van der Waals surface area contributed by atoms with Gasteiger partial charge in [-0.3, -0.25) is 4.79 Å². The topological polar surface area (TPSA) is 69.0 Å². The van der Waals surface area contributed by atoms with Crippen LogP contribution < -0.4 is 10.1 Å². The summed E-state index contributed by atoms with van der Waals surface area (Å²) in [6.45, 7) is 1.95. The molecule has 1 N–H and O–H groups in total. The fourth-order valence-electron chi connectivity index (χ4n) is 2.89. The molecular formula is C22H20N4O2S. The van der Waals surface area contributed by atoms with E-state index in [1.54, 1.807) is 11.9 Å². The minimum absolute atomic E-state index is 0.0520. The third-order valence-electron chi connectivity index (χ3n) is 4.42. The van der Waals surface area contributed by atoms with Crippen molar-refractivity contribution in [3.05, 3.63) is 72.3 Å². The van der Waals surface area contributed by atoms with Crippen molar-refractivity contribution in [2.75, 3.05) is 18.2 Å². The molecule has 0 atom stereocenters. The van der Waals surface area contributed by atoms with E-state index in [4.69, 9.17) is 4.74 Å². The van der Waals surface area contributed by atoms with Gasteiger partial charge in [0.15, 0.2) is 0 Å². The van der Waals surface area contributed by atoms with E-state index in [1.807, 2.05) is 73.7 Å². The molecule has 0 aliphatic heterocycles. The SMILES string of the molecule is COc1ccc(-n2nc3cc(C)c(NC(=O)CSc4ccccc4)cc3n2)cc1. The largest absolute Gasteiger partial charge is 0.497 e. The van der Waals surface area contributed by atoms with Crippen LogP contribution in [-0.2, 0) is 4.79 Å². The van der Waals surface area contributed by atoms with Crippen LogP contribution in [0.3, 0.4) is 0 Å². The van der Waals surface area contributed by atoms with Crippen LogP contribution in [0.25, 0.3) is 16.7 Å². The standard InChI is InChI=1S/C22H20N4O2S/c1-15-12-20-21(25-26(24-20)16-8-10-17(28-2)11-9-16)13-19(15)23-22(27)14-29-18-6-4-3-5-7-18/h3-13H,14H2,1-2H3,(H,23,27). The van der Waals surface area contributed by atoms with Gasteiger partial charge < -0.3 is 10.1 Å². The number of carbonyl (C=O) groups is 1. The zero-order valence-corrected chi connectivity index (χ0v) is 16.9. The molecule has 3 aromatic carbocycles. The van der Waals surface area contributed by atoms with Crippen molar-refractivity contribution in [3.63, 3.8) is 0 Å². The minimum atomic E-state index is -0.0520. The van der Waals surface area contributed by atoms with Crippen LogP contribution in [0.2, 0.25) is 0 Å². The molecule has 1 heterocycles. The van der Waals surface area contributed by atoms with E-state index in [-0.39, 0.29) is 5.91 Å². The summed E-state index contributed by atoms with van der Waals surface area (Å²) in [6.07, 6.45) is 0. The van der Waals surface area contributed by atoms with Gasteiger partial charge >= 0.3 is 0 Å². The molecule has 1 amide bonds. The Balaban J connectivity index is 1.51. The highest BCUT2D eigenvalue weighted by Gasteiger charge is 2.11. The lowest BCUT2D eigenvalue weighted by Gasteiger charge is -2.08. The predicted octanol–water partition coefficient (Wildman–Crippen LogP) is 4.47. The highest BCUT2D eigenvalue weighted by atomic mass is 32.2. The number of amides is 1. The molecule has 0 bridgehead atoms. The van der Waals surface area contributed by atoms with Crippen LogP contribution in [0.15, 0.2) is 71.6 Å². The molecule has 0 fully saturated rings. The summed E-state index contributed by atoms with van der Waals surface area (Å²) in [6, 6.07) is 21.2. The Kier molecular flexibility index (Phi) is 5.48. The zero-order chi connectivity index (χ0) is 20.2. The zero-order valence-electron chi connectivity index (χ0n) is 16.1. The van der Waals surface area contributed by atoms with Crippen LogP contribution in [0, 0.1) is 6.92 Å². The number of nitrogens with one attached hydrogen (secondary N) is 1. The van der Waals surface area contributed by atoms with E-state index in [0.29, 0.717) is 5.75 Å². The lowest BCUT2D eigenvalue weighted by atomic mass is 10.2. The second kappa shape index (κ2) is 8.36. The maximum absolute atomic E-state index is 12.4. The van der Waals surface area contributed by atoms with E-state index in [9.17, 15) is 4.79 Å². The van der Waals surface area contributed by atoms with Gasteiger partial charge in [-0.05, 0) is 61.0 Å². The van der Waals surface area contributed by atoms with Crippen molar-refractivity contribution in [3.8, 4) is 11.4 Å². The fourth-order valence-corrected chi connectivity index (χ4v) is 3.61. The number of aromatic nitrogens is 3. The second-order valence-corrected chi connectivity index (χ2v) is 7.54. The molecule has 0 aliphatic carbocycles. The number of methoxy groups -OCH3 is 1. The summed E-state index contributed by atoms with van der Waals surface area (Å²) in [4.78, 5) is 15.0. The van der Waals surface area contributed by atoms with Crippen LogP contribution in [-0.4, -0.2) is 33.8 Å². The van der Waals surface area contributed by atoms with Gasteiger partial charge in [0, 0.05) is 10.6 Å². The van der Waals surface area contributed by atoms with Crippen LogP contribution in [0.5, 0.6) is 5.75 Å². The first-order valence-electron chi connectivity index (χ1n) is 9.12. The van der Waals surface area contributed by atoms with Crippen LogP contribution in [0.1, 0.15) is 5.56 Å². The smallest absolute Gasteiger partial charge is 0.234 e. The maximum Gasteiger partial charge on any atom is 0.234 e. The number of anilines is 1. The van der Waals surface area contributed by atoms with Gasteiger partial charge in [-0.2, -0.15) is 4.80 Å². The first-order valence-corrected chi connectivity index (χ1v) is 10.1. The number of carbonyl (C=O) groups excluding carboxylic acids is 1. The molecule has 0 aliphatic rings. The highest BCUT2D eigenvalue weighted by molar-refractivity contribution is 8.00. The van der Waals surface area contributed by atoms with Crippen LogP contribution in [0.4, 0.5) is 5.69 Å². The average Bonchev–Trinajstić information content (AvgIpc) is 3.16. The molecule has 4 rings (SSSR count). The fraction of sp³-hybridized carbons (Fsp3) is 0.136. The van der Waals surface area contributed by atoms with Gasteiger partial charge in [0.2, 0.25) is 5.91 Å². The Morgan fingerprint density at radius 3 is 2.41 bits per heavy atom. The van der Waals surface area contributed by atoms with E-state index in [1.165, 1.54) is 11.8 Å². The van der Waals surface area contributed by atoms with Crippen molar-refractivity contribution in [2.45, 2.75) is 11.8 Å². The number of aryl methyl sites for hydroxylation is 1. The van der Waals surface area contributed by atoms with Crippen molar-refractivity contribution in [1.82, 2.24) is 15.0 Å². The number of rotatable bonds is 6. The monoisotopic (exact) mass is 404 g/mol. The summed E-state index contributed by atoms with van der Waals surface area (Å²) in [5.41, 5.74) is 4.02. The van der Waals surface area contributed by atoms with Crippen molar-refractivity contribution in [2.24, 2.45) is 0 Å². The number of hydrogen-bond donors (Lipinski definition) is 1. The predicted molar refractivity (Wildman–Crippen MR) is 116 cm³/mol. The van der Waals surface area contributed by atoms with Crippen molar-refractivity contribution in [1.29, 1.82) is 0 Å². The van der Waals surface area contributed by atoms with E-state index in [0.717, 1.165) is 38.6 Å². The Bertz CT molecular complexity index is 1140. The number of thioether (sulfide) groups is 1. The van der Waals surface area contributed by atoms with Gasteiger partial charge in [0.25, 0.3) is 0 Å². The first kappa shape index (κ1) is 19.0. The number of benzene rings is 3. The maximum atomic E-state index is 12.4. The first-order chi connectivity index (χ1) is 14.1. The van der Waals surface area contributed by atoms with Gasteiger partial charge in [-0.25, -0.2) is 0 Å². The molecule has 0 radical (unpaired) electrons. The van der Waals surface area contributed by atoms with Crippen molar-refractivity contribution >= 4 is 34.4 Å². The molecule has 0 spiro atoms. The highest BCUT2D eigenvalue weighted by Crippen LogP contribution is 2.24. The van der Waals surface area contributed by atoms with Gasteiger partial charge in [-0.15, -0.1) is 22.0 Å². The molecule has 146 valence electrons. The molecule has 1 aromatic heterocycles. The van der Waals surface area contributed by atoms with E-state index in [2.05, 4.69) is 15.5 Å². The number of nitrogens with zero attached hydrogens (tertiary/aromatic N) is 3. The molecule has 7 heteroatoms. The summed E-state index contributed by atoms with van der Waals surface area (Å²) in [5.74, 6) is 1.07. The Labute approximate surface area is 172 Å². The van der Waals surface area contributed by atoms with E-state index < -0.39 is 0 Å². The summed E-state index contributed by atoms with van der Waals surface area (Å²) >= 11 is 1.51. The third-order valence-corrected chi connectivity index (χ3v) is 5.43. The molecular weight excluding hydrogens is 384 g/mol. The minimum Gasteiger partial charge on any atom is -0.497 e. The molecule has 0 saturated heterocycles. The summed E-state index contributed by atoms with van der Waals surface area (Å²) in [5, 5.41) is 12.1. The normalized spacial score (nSPS) is 10.8. The number of fused-ring (bicyclic) bond motifs is 1. The van der Waals surface area contributed by atoms with Gasteiger partial charge in [-0.1, -0.05) is 18.2 Å². The summed E-state index contributed by atoms with van der Waals surface area (Å²) in [7, 11) is 1.63. The Hall–Kier alpha value is -3.32. The average molecular weight is 404 g/mol. The van der Waals surface area contributed by atoms with Crippen molar-refractivity contribution < 1.29 is 9.53 Å². The second-order valence-electron chi connectivity index (χ2n) is 6.49. The third kappa shape index (κ3) is 4.41. The molecule has 4 aromatic rings. The lowest BCUT2D eigenvalue weighted by molar-refractivity contribution is -0.113.